The highest BCUT2D eigenvalue weighted by molar-refractivity contribution is 8.03. The standard InChI is InChI=1S/C42H83NO9S4/c1-7-9-11-13-15-16-17-19-20-22-24-31(45)41(50)43-30(29-51-42-39(49)38(48)37(47)32(28-44)52-42)36(46)40(56-6)35(55-5)27-26-34(54-4)33(53-3)25-23-21-18-14-12-10-8-2/h30-40,42,44-49H,7-29H2,1-6H3,(H,43,50)/t30-,31+,32+,33?,34?,35?,36-,37+,38-,39+,40?,42+/m0/s1. The monoisotopic (exact) mass is 873 g/mol. The van der Waals surface area contributed by atoms with Crippen LogP contribution in [0.4, 0.5) is 0 Å². The van der Waals surface area contributed by atoms with E-state index in [0.29, 0.717) is 23.3 Å². The Kier molecular flexibility index (Phi) is 33.3. The van der Waals surface area contributed by atoms with E-state index in [-0.39, 0.29) is 17.1 Å². The molecule has 0 aromatic carbocycles. The molecule has 334 valence electrons. The minimum absolute atomic E-state index is 0.0546. The molecule has 1 heterocycles. The molecule has 0 spiro atoms. The SMILES string of the molecule is CCCCCCCCCCCC[C@@H](O)C(=O)N[C@@H](CO[C@@H]1O[C@H](CO)[C@@H](O)[C@H](O)[C@H]1O)[C@H](O)C(SC)C(CCC(SC)C(CCCCCCCCC)SC)SC. The Morgan fingerprint density at radius 2 is 1.09 bits per heavy atom. The summed E-state index contributed by atoms with van der Waals surface area (Å²) >= 11 is 7.10. The molecule has 1 aliphatic rings. The number of amides is 1. The molecule has 4 unspecified atom stereocenters. The predicted molar refractivity (Wildman–Crippen MR) is 241 cm³/mol. The highest BCUT2D eigenvalue weighted by Gasteiger charge is 2.45. The molecule has 14 heteroatoms. The maximum atomic E-state index is 13.4. The second-order valence-electron chi connectivity index (χ2n) is 15.6. The first-order valence-corrected chi connectivity index (χ1v) is 26.9. The Hall–Kier alpha value is 0.550. The van der Waals surface area contributed by atoms with Crippen molar-refractivity contribution in [2.45, 2.75) is 219 Å². The predicted octanol–water partition coefficient (Wildman–Crippen LogP) is 7.17. The third-order valence-corrected chi connectivity index (χ3v) is 16.3. The summed E-state index contributed by atoms with van der Waals surface area (Å²) in [6, 6.07) is -0.975. The number of rotatable bonds is 36. The summed E-state index contributed by atoms with van der Waals surface area (Å²) in [6.07, 6.45) is 22.6. The number of unbranched alkanes of at least 4 members (excludes halogenated alkanes) is 15. The minimum atomic E-state index is -1.62. The van der Waals surface area contributed by atoms with Gasteiger partial charge < -0.3 is 45.4 Å². The number of aliphatic hydroxyl groups excluding tert-OH is 6. The van der Waals surface area contributed by atoms with Crippen molar-refractivity contribution in [1.29, 1.82) is 0 Å². The first-order chi connectivity index (χ1) is 27.0. The van der Waals surface area contributed by atoms with Crippen molar-refractivity contribution >= 4 is 53.0 Å². The third-order valence-electron chi connectivity index (χ3n) is 11.3. The van der Waals surface area contributed by atoms with Crippen molar-refractivity contribution in [1.82, 2.24) is 5.32 Å². The summed E-state index contributed by atoms with van der Waals surface area (Å²) < 4.78 is 11.5. The lowest BCUT2D eigenvalue weighted by molar-refractivity contribution is -0.302. The Morgan fingerprint density at radius 3 is 1.57 bits per heavy atom. The molecule has 7 N–H and O–H groups in total. The van der Waals surface area contributed by atoms with E-state index in [9.17, 15) is 35.4 Å². The summed E-state index contributed by atoms with van der Waals surface area (Å²) in [6.45, 7) is 3.58. The van der Waals surface area contributed by atoms with E-state index in [1.165, 1.54) is 102 Å². The zero-order chi connectivity index (χ0) is 41.7. The molecule has 1 fully saturated rings. The quantitative estimate of drug-likeness (QED) is 0.0317. The van der Waals surface area contributed by atoms with Crippen LogP contribution in [0.1, 0.15) is 149 Å². The second kappa shape index (κ2) is 34.2. The number of nitrogens with one attached hydrogen (secondary N) is 1. The molecule has 0 aromatic rings. The van der Waals surface area contributed by atoms with Crippen LogP contribution in [0.15, 0.2) is 0 Å². The van der Waals surface area contributed by atoms with Crippen molar-refractivity contribution in [2.24, 2.45) is 0 Å². The van der Waals surface area contributed by atoms with Gasteiger partial charge in [-0.3, -0.25) is 4.79 Å². The molecule has 0 bridgehead atoms. The zero-order valence-corrected chi connectivity index (χ0v) is 39.0. The van der Waals surface area contributed by atoms with E-state index in [2.05, 4.69) is 31.7 Å². The molecule has 1 amide bonds. The highest BCUT2D eigenvalue weighted by Crippen LogP contribution is 2.35. The fourth-order valence-corrected chi connectivity index (χ4v) is 12.3. The van der Waals surface area contributed by atoms with Crippen LogP contribution in [0.2, 0.25) is 0 Å². The van der Waals surface area contributed by atoms with Crippen molar-refractivity contribution in [2.75, 3.05) is 38.2 Å². The molecule has 0 radical (unpaired) electrons. The van der Waals surface area contributed by atoms with E-state index >= 15 is 0 Å². The Balaban J connectivity index is 2.96. The number of ether oxygens (including phenoxy) is 2. The highest BCUT2D eigenvalue weighted by atomic mass is 32.2. The van der Waals surface area contributed by atoms with Gasteiger partial charge in [-0.1, -0.05) is 123 Å². The van der Waals surface area contributed by atoms with Crippen LogP contribution >= 0.6 is 47.0 Å². The van der Waals surface area contributed by atoms with Crippen LogP contribution in [-0.4, -0.2) is 145 Å². The van der Waals surface area contributed by atoms with Gasteiger partial charge in [-0.15, -0.1) is 0 Å². The lowest BCUT2D eigenvalue weighted by Crippen LogP contribution is -2.60. The topological polar surface area (TPSA) is 169 Å². The first kappa shape index (κ1) is 54.6. The lowest BCUT2D eigenvalue weighted by atomic mass is 9.98. The molecule has 1 saturated heterocycles. The zero-order valence-electron chi connectivity index (χ0n) is 35.7. The molecular weight excluding hydrogens is 791 g/mol. The Bertz CT molecular complexity index is 945. The van der Waals surface area contributed by atoms with Crippen LogP contribution in [-0.2, 0) is 14.3 Å². The average molecular weight is 874 g/mol. The molecule has 1 rings (SSSR count). The van der Waals surface area contributed by atoms with Gasteiger partial charge in [0, 0.05) is 21.0 Å². The van der Waals surface area contributed by atoms with Crippen LogP contribution in [0, 0.1) is 0 Å². The summed E-state index contributed by atoms with van der Waals surface area (Å²) in [5.41, 5.74) is 0. The molecule has 0 aliphatic carbocycles. The average Bonchev–Trinajstić information content (AvgIpc) is 3.20. The van der Waals surface area contributed by atoms with E-state index in [0.717, 1.165) is 32.1 Å². The second-order valence-corrected chi connectivity index (χ2v) is 19.9. The number of hydrogen-bond donors (Lipinski definition) is 7. The molecular formula is C42H83NO9S4. The fraction of sp³-hybridized carbons (Fsp3) is 0.976. The number of carbonyl (C=O) groups is 1. The molecule has 0 saturated carbocycles. The van der Waals surface area contributed by atoms with Crippen molar-refractivity contribution in [3.8, 4) is 0 Å². The van der Waals surface area contributed by atoms with Crippen molar-refractivity contribution in [3.05, 3.63) is 0 Å². The van der Waals surface area contributed by atoms with E-state index < -0.39 is 61.5 Å². The molecule has 1 aliphatic heterocycles. The van der Waals surface area contributed by atoms with Crippen molar-refractivity contribution in [3.63, 3.8) is 0 Å². The largest absolute Gasteiger partial charge is 0.394 e. The number of thioether (sulfide) groups is 4. The smallest absolute Gasteiger partial charge is 0.249 e. The van der Waals surface area contributed by atoms with Crippen LogP contribution < -0.4 is 5.32 Å². The van der Waals surface area contributed by atoms with Crippen LogP contribution in [0.5, 0.6) is 0 Å². The Morgan fingerprint density at radius 1 is 0.625 bits per heavy atom. The number of carbonyl (C=O) groups excluding carboxylic acids is 1. The minimum Gasteiger partial charge on any atom is -0.394 e. The van der Waals surface area contributed by atoms with Gasteiger partial charge in [0.05, 0.1) is 25.4 Å². The van der Waals surface area contributed by atoms with Gasteiger partial charge >= 0.3 is 0 Å². The van der Waals surface area contributed by atoms with Gasteiger partial charge in [0.25, 0.3) is 0 Å². The van der Waals surface area contributed by atoms with E-state index in [1.807, 2.05) is 36.0 Å². The van der Waals surface area contributed by atoms with Crippen molar-refractivity contribution < 1.29 is 44.9 Å². The fourth-order valence-electron chi connectivity index (χ4n) is 7.56. The molecule has 56 heavy (non-hydrogen) atoms. The van der Waals surface area contributed by atoms with E-state index in [1.54, 1.807) is 11.8 Å². The number of hydrogen-bond acceptors (Lipinski definition) is 13. The van der Waals surface area contributed by atoms with Gasteiger partial charge in [-0.2, -0.15) is 47.0 Å². The summed E-state index contributed by atoms with van der Waals surface area (Å²) in [7, 11) is 0. The summed E-state index contributed by atoms with van der Waals surface area (Å²) in [5.74, 6) is -0.599. The third kappa shape index (κ3) is 21.4. The Labute approximate surface area is 358 Å². The maximum Gasteiger partial charge on any atom is 0.249 e. The van der Waals surface area contributed by atoms with Gasteiger partial charge in [-0.05, 0) is 50.7 Å². The van der Waals surface area contributed by atoms with Gasteiger partial charge in [-0.25, -0.2) is 0 Å². The molecule has 12 atom stereocenters. The summed E-state index contributed by atoms with van der Waals surface area (Å²) in [5, 5.41) is 67.4. The van der Waals surface area contributed by atoms with E-state index in [4.69, 9.17) is 9.47 Å². The molecule has 10 nitrogen and oxygen atoms in total. The van der Waals surface area contributed by atoms with Gasteiger partial charge in [0.1, 0.15) is 30.5 Å². The van der Waals surface area contributed by atoms with Gasteiger partial charge in [0.15, 0.2) is 6.29 Å². The van der Waals surface area contributed by atoms with Crippen LogP contribution in [0.3, 0.4) is 0 Å². The van der Waals surface area contributed by atoms with Gasteiger partial charge in [0.2, 0.25) is 5.91 Å². The maximum absolute atomic E-state index is 13.4. The first-order valence-electron chi connectivity index (χ1n) is 21.7. The van der Waals surface area contributed by atoms with Crippen LogP contribution in [0.25, 0.3) is 0 Å². The molecule has 0 aromatic heterocycles. The normalized spacial score (nSPS) is 24.0. The summed E-state index contributed by atoms with van der Waals surface area (Å²) in [4.78, 5) is 13.4. The lowest BCUT2D eigenvalue weighted by Gasteiger charge is -2.40. The number of aliphatic hydroxyl groups is 6.